The van der Waals surface area contributed by atoms with E-state index in [4.69, 9.17) is 4.52 Å². The number of hydrogen-bond acceptors (Lipinski definition) is 6. The van der Waals surface area contributed by atoms with Gasteiger partial charge in [-0.1, -0.05) is 29.4 Å². The molecule has 0 aliphatic carbocycles. The summed E-state index contributed by atoms with van der Waals surface area (Å²) in [6.45, 7) is 6.00. The zero-order valence-corrected chi connectivity index (χ0v) is 19.1. The molecule has 2 aromatic carbocycles. The fourth-order valence-electron chi connectivity index (χ4n) is 3.90. The standard InChI is InChI=1S/C23H26N4O4S/c1-15-5-4-6-20(13-15)25-23(28)18-9-11-27(12-10-18)32(29,30)21-14-19(8-7-16(21)2)22-24-17(3)31-26-22/h4-8,13-14,18H,9-12H2,1-3H3,(H,25,28). The van der Waals surface area contributed by atoms with E-state index >= 15 is 0 Å². The highest BCUT2D eigenvalue weighted by atomic mass is 32.2. The lowest BCUT2D eigenvalue weighted by Gasteiger charge is -2.31. The fourth-order valence-corrected chi connectivity index (χ4v) is 5.62. The third-order valence-electron chi connectivity index (χ3n) is 5.70. The average Bonchev–Trinajstić information content (AvgIpc) is 3.20. The second kappa shape index (κ2) is 8.84. The molecule has 32 heavy (non-hydrogen) atoms. The maximum Gasteiger partial charge on any atom is 0.243 e. The van der Waals surface area contributed by atoms with Crippen molar-refractivity contribution >= 4 is 21.6 Å². The Hall–Kier alpha value is -3.04. The predicted molar refractivity (Wildman–Crippen MR) is 120 cm³/mol. The summed E-state index contributed by atoms with van der Waals surface area (Å²) in [5.74, 6) is 0.469. The van der Waals surface area contributed by atoms with Gasteiger partial charge >= 0.3 is 0 Å². The molecule has 0 saturated carbocycles. The van der Waals surface area contributed by atoms with E-state index in [1.54, 1.807) is 32.0 Å². The largest absolute Gasteiger partial charge is 0.339 e. The van der Waals surface area contributed by atoms with E-state index in [9.17, 15) is 13.2 Å². The molecule has 1 amide bonds. The predicted octanol–water partition coefficient (Wildman–Crippen LogP) is 3.70. The summed E-state index contributed by atoms with van der Waals surface area (Å²) < 4.78 is 33.2. The average molecular weight is 455 g/mol. The zero-order chi connectivity index (χ0) is 22.9. The molecule has 0 radical (unpaired) electrons. The molecule has 0 bridgehead atoms. The Kier molecular flexibility index (Phi) is 6.12. The van der Waals surface area contributed by atoms with Gasteiger partial charge in [0.05, 0.1) is 4.90 Å². The second-order valence-electron chi connectivity index (χ2n) is 8.15. The molecule has 1 N–H and O–H groups in total. The molecule has 0 unspecified atom stereocenters. The number of nitrogens with one attached hydrogen (secondary N) is 1. The number of nitrogens with zero attached hydrogens (tertiary/aromatic N) is 3. The van der Waals surface area contributed by atoms with Crippen molar-refractivity contribution in [1.29, 1.82) is 0 Å². The van der Waals surface area contributed by atoms with Crippen molar-refractivity contribution < 1.29 is 17.7 Å². The van der Waals surface area contributed by atoms with Gasteiger partial charge in [0.1, 0.15) is 0 Å². The molecule has 4 rings (SSSR count). The minimum absolute atomic E-state index is 0.0710. The Labute approximate surface area is 187 Å². The summed E-state index contributed by atoms with van der Waals surface area (Å²) in [4.78, 5) is 17.1. The number of aryl methyl sites for hydroxylation is 3. The Morgan fingerprint density at radius 1 is 1.09 bits per heavy atom. The van der Waals surface area contributed by atoms with E-state index < -0.39 is 10.0 Å². The third-order valence-corrected chi connectivity index (χ3v) is 7.74. The van der Waals surface area contributed by atoms with Gasteiger partial charge in [-0.05, 0) is 56.0 Å². The van der Waals surface area contributed by atoms with Crippen LogP contribution in [0.15, 0.2) is 51.9 Å². The number of amides is 1. The Morgan fingerprint density at radius 2 is 1.84 bits per heavy atom. The zero-order valence-electron chi connectivity index (χ0n) is 18.3. The van der Waals surface area contributed by atoms with Gasteiger partial charge in [0.15, 0.2) is 0 Å². The molecule has 8 nitrogen and oxygen atoms in total. The van der Waals surface area contributed by atoms with Gasteiger partial charge in [0, 0.05) is 37.2 Å². The molecule has 1 saturated heterocycles. The van der Waals surface area contributed by atoms with Crippen LogP contribution >= 0.6 is 0 Å². The molecule has 9 heteroatoms. The molecule has 0 spiro atoms. The van der Waals surface area contributed by atoms with Crippen LogP contribution in [-0.4, -0.2) is 41.9 Å². The number of sulfonamides is 1. The van der Waals surface area contributed by atoms with Crippen LogP contribution in [0, 0.1) is 26.7 Å². The highest BCUT2D eigenvalue weighted by molar-refractivity contribution is 7.89. The minimum atomic E-state index is -3.71. The minimum Gasteiger partial charge on any atom is -0.339 e. The first-order valence-electron chi connectivity index (χ1n) is 10.5. The van der Waals surface area contributed by atoms with Gasteiger partial charge in [0.25, 0.3) is 0 Å². The van der Waals surface area contributed by atoms with Crippen molar-refractivity contribution in [2.45, 2.75) is 38.5 Å². The number of anilines is 1. The number of piperidine rings is 1. The molecule has 1 aromatic heterocycles. The van der Waals surface area contributed by atoms with Crippen LogP contribution in [0.5, 0.6) is 0 Å². The van der Waals surface area contributed by atoms with Crippen LogP contribution in [0.25, 0.3) is 11.4 Å². The maximum absolute atomic E-state index is 13.4. The monoisotopic (exact) mass is 454 g/mol. The van der Waals surface area contributed by atoms with E-state index in [1.165, 1.54) is 4.31 Å². The van der Waals surface area contributed by atoms with Crippen molar-refractivity contribution in [3.05, 3.63) is 59.5 Å². The molecule has 1 aliphatic rings. The first-order chi connectivity index (χ1) is 15.2. The quantitative estimate of drug-likeness (QED) is 0.630. The highest BCUT2D eigenvalue weighted by Gasteiger charge is 2.33. The topological polar surface area (TPSA) is 105 Å². The molecule has 2 heterocycles. The van der Waals surface area contributed by atoms with Gasteiger partial charge < -0.3 is 9.84 Å². The number of hydrogen-bond donors (Lipinski definition) is 1. The van der Waals surface area contributed by atoms with Gasteiger partial charge in [-0.25, -0.2) is 8.42 Å². The van der Waals surface area contributed by atoms with Crippen molar-refractivity contribution in [3.63, 3.8) is 0 Å². The first kappa shape index (κ1) is 22.2. The normalized spacial score (nSPS) is 15.6. The Morgan fingerprint density at radius 3 is 2.50 bits per heavy atom. The maximum atomic E-state index is 13.4. The van der Waals surface area contributed by atoms with Crippen molar-refractivity contribution in [1.82, 2.24) is 14.4 Å². The highest BCUT2D eigenvalue weighted by Crippen LogP contribution is 2.29. The van der Waals surface area contributed by atoms with Crippen LogP contribution in [0.2, 0.25) is 0 Å². The molecule has 1 fully saturated rings. The number of carbonyl (C=O) groups is 1. The second-order valence-corrected chi connectivity index (χ2v) is 10.1. The Bertz CT molecular complexity index is 1240. The van der Waals surface area contributed by atoms with E-state index in [-0.39, 0.29) is 16.7 Å². The van der Waals surface area contributed by atoms with Crippen molar-refractivity contribution in [3.8, 4) is 11.4 Å². The molecule has 0 atom stereocenters. The summed E-state index contributed by atoms with van der Waals surface area (Å²) in [5.41, 5.74) is 3.05. The lowest BCUT2D eigenvalue weighted by molar-refractivity contribution is -0.120. The summed E-state index contributed by atoms with van der Waals surface area (Å²) >= 11 is 0. The van der Waals surface area contributed by atoms with Crippen molar-refractivity contribution in [2.75, 3.05) is 18.4 Å². The molecule has 1 aliphatic heterocycles. The van der Waals surface area contributed by atoms with Crippen LogP contribution in [-0.2, 0) is 14.8 Å². The molecule has 168 valence electrons. The van der Waals surface area contributed by atoms with Crippen molar-refractivity contribution in [2.24, 2.45) is 5.92 Å². The van der Waals surface area contributed by atoms with E-state index in [2.05, 4.69) is 15.5 Å². The summed E-state index contributed by atoms with van der Waals surface area (Å²) in [7, 11) is -3.71. The summed E-state index contributed by atoms with van der Waals surface area (Å²) in [6.07, 6.45) is 0.944. The van der Waals surface area contributed by atoms with Gasteiger partial charge in [0.2, 0.25) is 27.6 Å². The lowest BCUT2D eigenvalue weighted by atomic mass is 9.97. The number of rotatable bonds is 5. The van der Waals surface area contributed by atoms with Crippen LogP contribution < -0.4 is 5.32 Å². The molecular formula is C23H26N4O4S. The molecular weight excluding hydrogens is 428 g/mol. The first-order valence-corrected chi connectivity index (χ1v) is 12.0. The van der Waals surface area contributed by atoms with E-state index in [1.807, 2.05) is 31.2 Å². The van der Waals surface area contributed by atoms with Gasteiger partial charge in [-0.15, -0.1) is 0 Å². The SMILES string of the molecule is Cc1cccc(NC(=O)C2CCN(S(=O)(=O)c3cc(-c4noc(C)n4)ccc3C)CC2)c1. The third kappa shape index (κ3) is 4.58. The number of carbonyl (C=O) groups excluding carboxylic acids is 1. The van der Waals surface area contributed by atoms with Gasteiger partial charge in [-0.3, -0.25) is 4.79 Å². The molecule has 3 aromatic rings. The number of benzene rings is 2. The summed E-state index contributed by atoms with van der Waals surface area (Å²) in [6, 6.07) is 12.7. The number of aromatic nitrogens is 2. The fraction of sp³-hybridized carbons (Fsp3) is 0.348. The smallest absolute Gasteiger partial charge is 0.243 e. The van der Waals surface area contributed by atoms with E-state index in [0.29, 0.717) is 48.8 Å². The Balaban J connectivity index is 1.46. The summed E-state index contributed by atoms with van der Waals surface area (Å²) in [5, 5.41) is 6.83. The van der Waals surface area contributed by atoms with Crippen LogP contribution in [0.1, 0.15) is 29.9 Å². The van der Waals surface area contributed by atoms with Crippen LogP contribution in [0.3, 0.4) is 0 Å². The van der Waals surface area contributed by atoms with Gasteiger partial charge in [-0.2, -0.15) is 9.29 Å². The van der Waals surface area contributed by atoms with Crippen LogP contribution in [0.4, 0.5) is 5.69 Å². The lowest BCUT2D eigenvalue weighted by Crippen LogP contribution is -2.41. The van der Waals surface area contributed by atoms with E-state index in [0.717, 1.165) is 11.3 Å².